The molecular formula is C14H22IN3. The van der Waals surface area contributed by atoms with Crippen LogP contribution in [0.15, 0.2) is 41.9 Å². The average molecular weight is 359 g/mol. The molecule has 1 aromatic rings. The molecule has 0 spiro atoms. The highest BCUT2D eigenvalue weighted by Gasteiger charge is 2.04. The van der Waals surface area contributed by atoms with E-state index in [9.17, 15) is 0 Å². The number of rotatable bonds is 4. The summed E-state index contributed by atoms with van der Waals surface area (Å²) >= 11 is 0. The average Bonchev–Trinajstić information content (AvgIpc) is 2.33. The molecule has 0 aliphatic carbocycles. The molecule has 0 aliphatic rings. The van der Waals surface area contributed by atoms with Crippen molar-refractivity contribution >= 4 is 29.9 Å². The summed E-state index contributed by atoms with van der Waals surface area (Å²) in [6, 6.07) is 8.55. The largest absolute Gasteiger partial charge is 0.353 e. The number of hydrogen-bond acceptors (Lipinski definition) is 1. The molecule has 0 amide bonds. The van der Waals surface area contributed by atoms with Gasteiger partial charge in [0.05, 0.1) is 0 Å². The van der Waals surface area contributed by atoms with Gasteiger partial charge in [0.1, 0.15) is 0 Å². The molecule has 18 heavy (non-hydrogen) atoms. The Balaban J connectivity index is 0.00000289. The summed E-state index contributed by atoms with van der Waals surface area (Å²) in [5.74, 6) is 0.880. The Kier molecular flexibility index (Phi) is 8.45. The Morgan fingerprint density at radius 1 is 1.39 bits per heavy atom. The number of guanidine groups is 1. The highest BCUT2D eigenvalue weighted by molar-refractivity contribution is 14.0. The SMILES string of the molecule is C=CCNC(=NC)N(C)Cc1ccc(C)cc1.I. The van der Waals surface area contributed by atoms with Crippen LogP contribution in [0.1, 0.15) is 11.1 Å². The van der Waals surface area contributed by atoms with Gasteiger partial charge < -0.3 is 10.2 Å². The molecule has 4 heteroatoms. The number of nitrogens with one attached hydrogen (secondary N) is 1. The van der Waals surface area contributed by atoms with Crippen LogP contribution in [0, 0.1) is 6.92 Å². The number of benzene rings is 1. The van der Waals surface area contributed by atoms with E-state index in [0.29, 0.717) is 0 Å². The second-order valence-corrected chi connectivity index (χ2v) is 4.06. The van der Waals surface area contributed by atoms with Crippen molar-refractivity contribution in [2.45, 2.75) is 13.5 Å². The molecule has 0 bridgehead atoms. The maximum Gasteiger partial charge on any atom is 0.193 e. The molecule has 0 aromatic heterocycles. The van der Waals surface area contributed by atoms with Crippen LogP contribution in [0.5, 0.6) is 0 Å². The summed E-state index contributed by atoms with van der Waals surface area (Å²) in [6.45, 7) is 7.35. The first-order chi connectivity index (χ1) is 8.17. The molecule has 100 valence electrons. The normalized spacial score (nSPS) is 10.5. The molecule has 0 saturated carbocycles. The minimum Gasteiger partial charge on any atom is -0.353 e. The number of hydrogen-bond donors (Lipinski definition) is 1. The van der Waals surface area contributed by atoms with Crippen molar-refractivity contribution in [1.82, 2.24) is 10.2 Å². The van der Waals surface area contributed by atoms with Gasteiger partial charge in [0.25, 0.3) is 0 Å². The van der Waals surface area contributed by atoms with Gasteiger partial charge in [0, 0.05) is 27.2 Å². The summed E-state index contributed by atoms with van der Waals surface area (Å²) in [5.41, 5.74) is 2.56. The second kappa shape index (κ2) is 8.97. The third-order valence-electron chi connectivity index (χ3n) is 2.52. The Hall–Kier alpha value is -1.04. The fourth-order valence-corrected chi connectivity index (χ4v) is 1.59. The predicted octanol–water partition coefficient (Wildman–Crippen LogP) is 2.81. The number of aliphatic imine (C=N–C) groups is 1. The lowest BCUT2D eigenvalue weighted by Crippen LogP contribution is -2.38. The summed E-state index contributed by atoms with van der Waals surface area (Å²) in [5, 5.41) is 3.21. The van der Waals surface area contributed by atoms with Crippen LogP contribution in [-0.4, -0.2) is 31.5 Å². The number of aryl methyl sites for hydroxylation is 1. The van der Waals surface area contributed by atoms with E-state index in [1.54, 1.807) is 7.05 Å². The van der Waals surface area contributed by atoms with Crippen molar-refractivity contribution in [2.75, 3.05) is 20.6 Å². The van der Waals surface area contributed by atoms with Crippen molar-refractivity contribution in [3.8, 4) is 0 Å². The first-order valence-corrected chi connectivity index (χ1v) is 5.75. The van der Waals surface area contributed by atoms with E-state index in [1.807, 2.05) is 13.1 Å². The molecule has 0 fully saturated rings. The fraction of sp³-hybridized carbons (Fsp3) is 0.357. The smallest absolute Gasteiger partial charge is 0.193 e. The van der Waals surface area contributed by atoms with Crippen LogP contribution in [0.25, 0.3) is 0 Å². The van der Waals surface area contributed by atoms with E-state index in [0.717, 1.165) is 19.0 Å². The predicted molar refractivity (Wildman–Crippen MR) is 89.6 cm³/mol. The molecule has 0 radical (unpaired) electrons. The minimum atomic E-state index is 0. The van der Waals surface area contributed by atoms with Crippen molar-refractivity contribution in [3.05, 3.63) is 48.0 Å². The third kappa shape index (κ3) is 5.53. The monoisotopic (exact) mass is 359 g/mol. The first-order valence-electron chi connectivity index (χ1n) is 5.75. The van der Waals surface area contributed by atoms with E-state index in [1.165, 1.54) is 11.1 Å². The van der Waals surface area contributed by atoms with Crippen LogP contribution >= 0.6 is 24.0 Å². The first kappa shape index (κ1) is 17.0. The highest BCUT2D eigenvalue weighted by Crippen LogP contribution is 2.05. The standard InChI is InChI=1S/C14H21N3.HI/c1-5-10-16-14(15-3)17(4)11-13-8-6-12(2)7-9-13;/h5-9H,1,10-11H2,2-4H3,(H,15,16);1H. The van der Waals surface area contributed by atoms with Crippen molar-refractivity contribution in [1.29, 1.82) is 0 Å². The van der Waals surface area contributed by atoms with Crippen LogP contribution in [-0.2, 0) is 6.54 Å². The Labute approximate surface area is 127 Å². The van der Waals surface area contributed by atoms with E-state index in [-0.39, 0.29) is 24.0 Å². The zero-order chi connectivity index (χ0) is 12.7. The highest BCUT2D eigenvalue weighted by atomic mass is 127. The van der Waals surface area contributed by atoms with E-state index in [2.05, 4.69) is 53.0 Å². The van der Waals surface area contributed by atoms with Gasteiger partial charge in [-0.2, -0.15) is 0 Å². The van der Waals surface area contributed by atoms with Gasteiger partial charge in [-0.3, -0.25) is 4.99 Å². The topological polar surface area (TPSA) is 27.6 Å². The van der Waals surface area contributed by atoms with Gasteiger partial charge in [-0.05, 0) is 12.5 Å². The maximum absolute atomic E-state index is 4.22. The maximum atomic E-state index is 4.22. The quantitative estimate of drug-likeness (QED) is 0.388. The van der Waals surface area contributed by atoms with E-state index < -0.39 is 0 Å². The van der Waals surface area contributed by atoms with Gasteiger partial charge in [-0.25, -0.2) is 0 Å². The third-order valence-corrected chi connectivity index (χ3v) is 2.52. The van der Waals surface area contributed by atoms with E-state index in [4.69, 9.17) is 0 Å². The van der Waals surface area contributed by atoms with Gasteiger partial charge in [-0.15, -0.1) is 30.6 Å². The van der Waals surface area contributed by atoms with Crippen LogP contribution in [0.2, 0.25) is 0 Å². The molecule has 1 N–H and O–H groups in total. The van der Waals surface area contributed by atoms with E-state index >= 15 is 0 Å². The number of nitrogens with zero attached hydrogens (tertiary/aromatic N) is 2. The molecular weight excluding hydrogens is 337 g/mol. The van der Waals surface area contributed by atoms with Gasteiger partial charge in [0.2, 0.25) is 0 Å². The Morgan fingerprint density at radius 2 is 2.00 bits per heavy atom. The van der Waals surface area contributed by atoms with Crippen LogP contribution in [0.4, 0.5) is 0 Å². The molecule has 3 nitrogen and oxygen atoms in total. The zero-order valence-electron chi connectivity index (χ0n) is 11.3. The minimum absolute atomic E-state index is 0. The molecule has 0 aliphatic heterocycles. The molecule has 0 saturated heterocycles. The lowest BCUT2D eigenvalue weighted by atomic mass is 10.1. The van der Waals surface area contributed by atoms with Crippen LogP contribution < -0.4 is 5.32 Å². The summed E-state index contributed by atoms with van der Waals surface area (Å²) in [6.07, 6.45) is 1.82. The second-order valence-electron chi connectivity index (χ2n) is 4.06. The summed E-state index contributed by atoms with van der Waals surface area (Å²) in [4.78, 5) is 6.31. The van der Waals surface area contributed by atoms with Crippen molar-refractivity contribution in [2.24, 2.45) is 4.99 Å². The molecule has 0 atom stereocenters. The summed E-state index contributed by atoms with van der Waals surface area (Å²) in [7, 11) is 3.81. The number of halogens is 1. The molecule has 0 unspecified atom stereocenters. The Morgan fingerprint density at radius 3 is 2.50 bits per heavy atom. The summed E-state index contributed by atoms with van der Waals surface area (Å²) < 4.78 is 0. The van der Waals surface area contributed by atoms with Crippen LogP contribution in [0.3, 0.4) is 0 Å². The zero-order valence-corrected chi connectivity index (χ0v) is 13.6. The van der Waals surface area contributed by atoms with Gasteiger partial charge in [-0.1, -0.05) is 35.9 Å². The lowest BCUT2D eigenvalue weighted by molar-refractivity contribution is 0.480. The van der Waals surface area contributed by atoms with Gasteiger partial charge >= 0.3 is 0 Å². The fourth-order valence-electron chi connectivity index (χ4n) is 1.59. The Bertz CT molecular complexity index is 385. The van der Waals surface area contributed by atoms with Gasteiger partial charge in [0.15, 0.2) is 5.96 Å². The molecule has 0 heterocycles. The lowest BCUT2D eigenvalue weighted by Gasteiger charge is -2.21. The van der Waals surface area contributed by atoms with Crippen molar-refractivity contribution in [3.63, 3.8) is 0 Å². The molecule has 1 aromatic carbocycles. The molecule has 1 rings (SSSR count). The van der Waals surface area contributed by atoms with Crippen molar-refractivity contribution < 1.29 is 0 Å².